The smallest absolute Gasteiger partial charge is 0.181 e. The Morgan fingerprint density at radius 2 is 1.55 bits per heavy atom. The number of hydrogen-bond donors (Lipinski definition) is 1. The molecule has 2 heterocycles. The normalized spacial score (nSPS) is 10.8. The Morgan fingerprint density at radius 3 is 2.20 bits per heavy atom. The molecule has 3 rings (SSSR count). The van der Waals surface area contributed by atoms with Gasteiger partial charge in [0.15, 0.2) is 11.6 Å². The molecule has 0 saturated heterocycles. The standard InChI is InChI=1S/C13H7Cl3N4/c14-8-3-1-7(2-4-8)12-18-13(20-19-12)11-9(15)5-17-6-10(11)16/h1-6H,(H,18,19,20). The molecule has 0 atom stereocenters. The van der Waals surface area contributed by atoms with E-state index in [4.69, 9.17) is 34.8 Å². The van der Waals surface area contributed by atoms with E-state index < -0.39 is 0 Å². The fraction of sp³-hybridized carbons (Fsp3) is 0. The molecular weight excluding hydrogens is 319 g/mol. The van der Waals surface area contributed by atoms with Gasteiger partial charge in [-0.1, -0.05) is 34.8 Å². The molecule has 4 nitrogen and oxygen atoms in total. The van der Waals surface area contributed by atoms with Gasteiger partial charge in [-0.05, 0) is 24.3 Å². The largest absolute Gasteiger partial charge is 0.262 e. The van der Waals surface area contributed by atoms with E-state index in [1.165, 1.54) is 12.4 Å². The molecule has 0 spiro atoms. The lowest BCUT2D eigenvalue weighted by atomic mass is 10.2. The van der Waals surface area contributed by atoms with Crippen LogP contribution in [0.4, 0.5) is 0 Å². The first-order chi connectivity index (χ1) is 9.65. The zero-order valence-corrected chi connectivity index (χ0v) is 12.2. The van der Waals surface area contributed by atoms with E-state index in [0.717, 1.165) is 5.56 Å². The molecule has 0 radical (unpaired) electrons. The Labute approximate surface area is 129 Å². The Hall–Kier alpha value is -1.62. The van der Waals surface area contributed by atoms with Crippen LogP contribution >= 0.6 is 34.8 Å². The molecule has 3 aromatic rings. The molecule has 0 bridgehead atoms. The second-order valence-electron chi connectivity index (χ2n) is 3.99. The van der Waals surface area contributed by atoms with Crippen molar-refractivity contribution in [3.05, 3.63) is 51.7 Å². The van der Waals surface area contributed by atoms with Crippen LogP contribution in [0, 0.1) is 0 Å². The van der Waals surface area contributed by atoms with E-state index in [-0.39, 0.29) is 0 Å². The summed E-state index contributed by atoms with van der Waals surface area (Å²) in [7, 11) is 0. The summed E-state index contributed by atoms with van der Waals surface area (Å²) in [5.74, 6) is 1.04. The number of H-pyrrole nitrogens is 1. The Morgan fingerprint density at radius 1 is 0.900 bits per heavy atom. The molecule has 0 fully saturated rings. The maximum absolute atomic E-state index is 6.09. The summed E-state index contributed by atoms with van der Waals surface area (Å²) in [5, 5.41) is 8.47. The number of pyridine rings is 1. The molecule has 0 unspecified atom stereocenters. The third kappa shape index (κ3) is 2.50. The van der Waals surface area contributed by atoms with Gasteiger partial charge < -0.3 is 0 Å². The highest BCUT2D eigenvalue weighted by Gasteiger charge is 2.14. The minimum Gasteiger partial charge on any atom is -0.262 e. The van der Waals surface area contributed by atoms with Crippen LogP contribution in [0.3, 0.4) is 0 Å². The summed E-state index contributed by atoms with van der Waals surface area (Å²) < 4.78 is 0. The van der Waals surface area contributed by atoms with Crippen LogP contribution in [0.25, 0.3) is 22.8 Å². The molecule has 0 aliphatic carbocycles. The second-order valence-corrected chi connectivity index (χ2v) is 5.24. The predicted molar refractivity (Wildman–Crippen MR) is 80.1 cm³/mol. The topological polar surface area (TPSA) is 54.5 Å². The van der Waals surface area contributed by atoms with Crippen LogP contribution in [0.15, 0.2) is 36.7 Å². The van der Waals surface area contributed by atoms with E-state index in [1.54, 1.807) is 12.1 Å². The number of aromatic nitrogens is 4. The van der Waals surface area contributed by atoms with E-state index in [2.05, 4.69) is 20.2 Å². The highest BCUT2D eigenvalue weighted by atomic mass is 35.5. The van der Waals surface area contributed by atoms with E-state index in [0.29, 0.717) is 32.3 Å². The van der Waals surface area contributed by atoms with Gasteiger partial charge >= 0.3 is 0 Å². The third-order valence-electron chi connectivity index (χ3n) is 2.68. The summed E-state index contributed by atoms with van der Waals surface area (Å²) in [6, 6.07) is 7.23. The lowest BCUT2D eigenvalue weighted by molar-refractivity contribution is 1.10. The zero-order valence-electron chi connectivity index (χ0n) is 9.94. The minimum absolute atomic E-state index is 0.413. The van der Waals surface area contributed by atoms with Crippen LogP contribution in [-0.4, -0.2) is 20.2 Å². The summed E-state index contributed by atoms with van der Waals surface area (Å²) in [5.41, 5.74) is 1.43. The zero-order chi connectivity index (χ0) is 14.1. The third-order valence-corrected chi connectivity index (χ3v) is 3.50. The maximum atomic E-state index is 6.09. The molecule has 0 aliphatic rings. The van der Waals surface area contributed by atoms with Crippen LogP contribution in [-0.2, 0) is 0 Å². The Kier molecular flexibility index (Phi) is 3.61. The number of halogens is 3. The van der Waals surface area contributed by atoms with Crippen molar-refractivity contribution in [3.63, 3.8) is 0 Å². The van der Waals surface area contributed by atoms with Gasteiger partial charge in [-0.15, -0.1) is 0 Å². The highest BCUT2D eigenvalue weighted by Crippen LogP contribution is 2.32. The van der Waals surface area contributed by atoms with Crippen molar-refractivity contribution in [2.75, 3.05) is 0 Å². The van der Waals surface area contributed by atoms with Gasteiger partial charge in [0.2, 0.25) is 0 Å². The molecule has 0 amide bonds. The van der Waals surface area contributed by atoms with Gasteiger partial charge in [-0.2, -0.15) is 5.10 Å². The van der Waals surface area contributed by atoms with Gasteiger partial charge in [-0.25, -0.2) is 4.98 Å². The number of rotatable bonds is 2. The summed E-state index contributed by atoms with van der Waals surface area (Å²) >= 11 is 18.0. The summed E-state index contributed by atoms with van der Waals surface area (Å²) in [6.07, 6.45) is 3.01. The van der Waals surface area contributed by atoms with Crippen molar-refractivity contribution in [3.8, 4) is 22.8 Å². The Bertz CT molecular complexity index is 732. The molecule has 1 N–H and O–H groups in total. The van der Waals surface area contributed by atoms with Crippen molar-refractivity contribution < 1.29 is 0 Å². The minimum atomic E-state index is 0.413. The number of hydrogen-bond acceptors (Lipinski definition) is 3. The summed E-state index contributed by atoms with van der Waals surface area (Å²) in [4.78, 5) is 8.30. The number of nitrogens with one attached hydrogen (secondary N) is 1. The van der Waals surface area contributed by atoms with Crippen molar-refractivity contribution in [1.29, 1.82) is 0 Å². The van der Waals surface area contributed by atoms with Gasteiger partial charge in [0.25, 0.3) is 0 Å². The molecule has 100 valence electrons. The number of benzene rings is 1. The van der Waals surface area contributed by atoms with Crippen molar-refractivity contribution in [2.24, 2.45) is 0 Å². The second kappa shape index (κ2) is 5.40. The molecule has 1 aromatic carbocycles. The fourth-order valence-corrected chi connectivity index (χ4v) is 2.41. The first-order valence-corrected chi connectivity index (χ1v) is 6.76. The molecule has 2 aromatic heterocycles. The molecule has 0 saturated carbocycles. The lowest BCUT2D eigenvalue weighted by Crippen LogP contribution is -1.86. The first-order valence-electron chi connectivity index (χ1n) is 5.63. The molecule has 0 aliphatic heterocycles. The van der Waals surface area contributed by atoms with Crippen molar-refractivity contribution in [2.45, 2.75) is 0 Å². The average molecular weight is 326 g/mol. The number of aromatic amines is 1. The van der Waals surface area contributed by atoms with Gasteiger partial charge in [0.1, 0.15) is 0 Å². The highest BCUT2D eigenvalue weighted by molar-refractivity contribution is 6.38. The quantitative estimate of drug-likeness (QED) is 0.755. The molecule has 7 heteroatoms. The lowest BCUT2D eigenvalue weighted by Gasteiger charge is -2.01. The predicted octanol–water partition coefficient (Wildman–Crippen LogP) is 4.49. The van der Waals surface area contributed by atoms with Crippen molar-refractivity contribution in [1.82, 2.24) is 20.2 Å². The Balaban J connectivity index is 2.04. The number of nitrogens with zero attached hydrogens (tertiary/aromatic N) is 3. The monoisotopic (exact) mass is 324 g/mol. The van der Waals surface area contributed by atoms with E-state index in [1.807, 2.05) is 12.1 Å². The van der Waals surface area contributed by atoms with Crippen LogP contribution in [0.2, 0.25) is 15.1 Å². The van der Waals surface area contributed by atoms with Gasteiger partial charge in [0, 0.05) is 23.0 Å². The van der Waals surface area contributed by atoms with Crippen LogP contribution < -0.4 is 0 Å². The summed E-state index contributed by atoms with van der Waals surface area (Å²) in [6.45, 7) is 0. The molecular formula is C13H7Cl3N4. The SMILES string of the molecule is Clc1ccc(-c2n[nH]c(-c3c(Cl)cncc3Cl)n2)cc1. The van der Waals surface area contributed by atoms with Gasteiger partial charge in [0.05, 0.1) is 15.6 Å². The first kappa shape index (κ1) is 13.4. The van der Waals surface area contributed by atoms with Crippen LogP contribution in [0.5, 0.6) is 0 Å². The average Bonchev–Trinajstić information content (AvgIpc) is 2.89. The molecule has 20 heavy (non-hydrogen) atoms. The van der Waals surface area contributed by atoms with Gasteiger partial charge in [-0.3, -0.25) is 10.1 Å². The van der Waals surface area contributed by atoms with E-state index in [9.17, 15) is 0 Å². The van der Waals surface area contributed by atoms with Crippen molar-refractivity contribution >= 4 is 34.8 Å². The maximum Gasteiger partial charge on any atom is 0.181 e. The van der Waals surface area contributed by atoms with E-state index >= 15 is 0 Å². The van der Waals surface area contributed by atoms with Crippen LogP contribution in [0.1, 0.15) is 0 Å². The fourth-order valence-electron chi connectivity index (χ4n) is 1.74.